The van der Waals surface area contributed by atoms with E-state index in [0.29, 0.717) is 0 Å². The lowest BCUT2D eigenvalue weighted by Gasteiger charge is -2.07. The van der Waals surface area contributed by atoms with Gasteiger partial charge in [0.05, 0.1) is 16.4 Å². The van der Waals surface area contributed by atoms with Gasteiger partial charge in [-0.15, -0.1) is 0 Å². The van der Waals surface area contributed by atoms with Crippen molar-refractivity contribution in [3.05, 3.63) is 89.4 Å². The first kappa shape index (κ1) is 15.1. The molecule has 0 aliphatic carbocycles. The SMILES string of the molecule is Brc1ccc2c(c1)oc1c2ccc2c1c1ccccc1n2-c1ccccc1. The molecule has 0 aliphatic heterocycles. The van der Waals surface area contributed by atoms with E-state index in [4.69, 9.17) is 4.42 Å². The van der Waals surface area contributed by atoms with Crippen molar-refractivity contribution >= 4 is 59.7 Å². The van der Waals surface area contributed by atoms with Crippen LogP contribution in [-0.2, 0) is 0 Å². The van der Waals surface area contributed by atoms with E-state index in [9.17, 15) is 0 Å². The van der Waals surface area contributed by atoms with Crippen molar-refractivity contribution in [2.45, 2.75) is 0 Å². The molecule has 0 radical (unpaired) electrons. The normalized spacial score (nSPS) is 11.9. The summed E-state index contributed by atoms with van der Waals surface area (Å²) in [6.07, 6.45) is 0. The second-order valence-electron chi connectivity index (χ2n) is 6.77. The van der Waals surface area contributed by atoms with Crippen LogP contribution in [0.1, 0.15) is 0 Å². The van der Waals surface area contributed by atoms with Crippen LogP contribution in [0.4, 0.5) is 0 Å². The van der Waals surface area contributed by atoms with Gasteiger partial charge in [0.1, 0.15) is 11.2 Å². The van der Waals surface area contributed by atoms with E-state index < -0.39 is 0 Å². The van der Waals surface area contributed by atoms with Crippen molar-refractivity contribution < 1.29 is 4.42 Å². The lowest BCUT2D eigenvalue weighted by molar-refractivity contribution is 0.672. The van der Waals surface area contributed by atoms with Gasteiger partial charge in [-0.25, -0.2) is 0 Å². The Hall–Kier alpha value is -3.04. The molecule has 0 aliphatic rings. The summed E-state index contributed by atoms with van der Waals surface area (Å²) in [5.41, 5.74) is 5.36. The van der Waals surface area contributed by atoms with Crippen molar-refractivity contribution in [2.75, 3.05) is 0 Å². The van der Waals surface area contributed by atoms with Crippen molar-refractivity contribution in [3.63, 3.8) is 0 Å². The fraction of sp³-hybridized carbons (Fsp3) is 0. The number of hydrogen-bond donors (Lipinski definition) is 0. The molecular weight excluding hydrogens is 398 g/mol. The summed E-state index contributed by atoms with van der Waals surface area (Å²) < 4.78 is 9.70. The maximum atomic E-state index is 6.36. The van der Waals surface area contributed by atoms with Crippen LogP contribution in [0.25, 0.3) is 49.4 Å². The Morgan fingerprint density at radius 2 is 1.44 bits per heavy atom. The number of rotatable bonds is 1. The summed E-state index contributed by atoms with van der Waals surface area (Å²) in [5, 5.41) is 4.67. The largest absolute Gasteiger partial charge is 0.455 e. The molecule has 0 amide bonds. The van der Waals surface area contributed by atoms with E-state index in [1.54, 1.807) is 0 Å². The van der Waals surface area contributed by atoms with E-state index in [-0.39, 0.29) is 0 Å². The van der Waals surface area contributed by atoms with Gasteiger partial charge >= 0.3 is 0 Å². The third-order valence-corrected chi connectivity index (χ3v) is 5.74. The summed E-state index contributed by atoms with van der Waals surface area (Å²) in [7, 11) is 0. The van der Waals surface area contributed by atoms with Gasteiger partial charge in [-0.3, -0.25) is 0 Å². The summed E-state index contributed by atoms with van der Waals surface area (Å²) in [6.45, 7) is 0. The summed E-state index contributed by atoms with van der Waals surface area (Å²) in [5.74, 6) is 0. The quantitative estimate of drug-likeness (QED) is 0.274. The number of para-hydroxylation sites is 2. The van der Waals surface area contributed by atoms with Gasteiger partial charge in [0.2, 0.25) is 0 Å². The van der Waals surface area contributed by atoms with E-state index in [1.807, 2.05) is 12.1 Å². The van der Waals surface area contributed by atoms with Crippen LogP contribution in [0, 0.1) is 0 Å². The third-order valence-electron chi connectivity index (χ3n) is 5.25. The van der Waals surface area contributed by atoms with Gasteiger partial charge in [-0.2, -0.15) is 0 Å². The molecule has 2 aromatic heterocycles. The summed E-state index contributed by atoms with van der Waals surface area (Å²) >= 11 is 3.55. The molecular formula is C24H14BrNO. The third kappa shape index (κ3) is 2.06. The Kier molecular flexibility index (Phi) is 3.06. The minimum atomic E-state index is 0.906. The number of halogens is 1. The predicted octanol–water partition coefficient (Wildman–Crippen LogP) is 7.45. The maximum Gasteiger partial charge on any atom is 0.145 e. The topological polar surface area (TPSA) is 18.1 Å². The van der Waals surface area contributed by atoms with Crippen LogP contribution in [0.15, 0.2) is 93.8 Å². The zero-order valence-corrected chi connectivity index (χ0v) is 15.9. The molecule has 0 bridgehead atoms. The van der Waals surface area contributed by atoms with Gasteiger partial charge in [0, 0.05) is 26.3 Å². The molecule has 0 spiro atoms. The molecule has 0 unspecified atom stereocenters. The van der Waals surface area contributed by atoms with E-state index >= 15 is 0 Å². The number of benzene rings is 4. The van der Waals surface area contributed by atoms with Crippen LogP contribution in [0.3, 0.4) is 0 Å². The second kappa shape index (κ2) is 5.48. The smallest absolute Gasteiger partial charge is 0.145 e. The monoisotopic (exact) mass is 411 g/mol. The van der Waals surface area contributed by atoms with Crippen LogP contribution < -0.4 is 0 Å². The molecule has 2 nitrogen and oxygen atoms in total. The van der Waals surface area contributed by atoms with Crippen molar-refractivity contribution in [3.8, 4) is 5.69 Å². The molecule has 0 saturated heterocycles. The fourth-order valence-electron chi connectivity index (χ4n) is 4.12. The minimum Gasteiger partial charge on any atom is -0.455 e. The zero-order chi connectivity index (χ0) is 18.0. The molecule has 0 atom stereocenters. The zero-order valence-electron chi connectivity index (χ0n) is 14.3. The molecule has 6 aromatic rings. The molecule has 0 fully saturated rings. The fourth-order valence-corrected chi connectivity index (χ4v) is 4.46. The number of fused-ring (bicyclic) bond motifs is 7. The Labute approximate surface area is 163 Å². The van der Waals surface area contributed by atoms with Crippen LogP contribution >= 0.6 is 15.9 Å². The first-order valence-electron chi connectivity index (χ1n) is 8.90. The van der Waals surface area contributed by atoms with Crippen molar-refractivity contribution in [1.29, 1.82) is 0 Å². The maximum absolute atomic E-state index is 6.36. The molecule has 0 N–H and O–H groups in total. The average Bonchev–Trinajstić information content (AvgIpc) is 3.23. The lowest BCUT2D eigenvalue weighted by Crippen LogP contribution is -1.92. The van der Waals surface area contributed by atoms with Gasteiger partial charge < -0.3 is 8.98 Å². The highest BCUT2D eigenvalue weighted by molar-refractivity contribution is 9.10. The first-order chi connectivity index (χ1) is 13.3. The molecule has 0 saturated carbocycles. The highest BCUT2D eigenvalue weighted by Crippen LogP contribution is 2.40. The molecule has 3 heteroatoms. The Morgan fingerprint density at radius 3 is 2.33 bits per heavy atom. The van der Waals surface area contributed by atoms with Gasteiger partial charge in [-0.05, 0) is 48.5 Å². The van der Waals surface area contributed by atoms with Crippen molar-refractivity contribution in [1.82, 2.24) is 4.57 Å². The van der Waals surface area contributed by atoms with Crippen LogP contribution in [0.2, 0.25) is 0 Å². The van der Waals surface area contributed by atoms with Crippen molar-refractivity contribution in [2.24, 2.45) is 0 Å². The molecule has 6 rings (SSSR count). The molecule has 27 heavy (non-hydrogen) atoms. The Morgan fingerprint density at radius 1 is 0.667 bits per heavy atom. The average molecular weight is 412 g/mol. The van der Waals surface area contributed by atoms with Crippen LogP contribution in [-0.4, -0.2) is 4.57 Å². The van der Waals surface area contributed by atoms with Gasteiger partial charge in [-0.1, -0.05) is 52.3 Å². The molecule has 128 valence electrons. The highest BCUT2D eigenvalue weighted by atomic mass is 79.9. The summed E-state index contributed by atoms with van der Waals surface area (Å²) in [6, 6.07) is 29.6. The Balaban J connectivity index is 1.87. The highest BCUT2D eigenvalue weighted by Gasteiger charge is 2.18. The number of hydrogen-bond acceptors (Lipinski definition) is 1. The van der Waals surface area contributed by atoms with Crippen LogP contribution in [0.5, 0.6) is 0 Å². The van der Waals surface area contributed by atoms with E-state index in [0.717, 1.165) is 37.6 Å². The standard InChI is InChI=1S/C24H14BrNO/c25-15-10-11-17-18-12-13-21-23(24(18)27-22(17)14-15)19-8-4-5-9-20(19)26(21)16-6-2-1-3-7-16/h1-14H. The van der Waals surface area contributed by atoms with E-state index in [2.05, 4.69) is 93.3 Å². The molecule has 2 heterocycles. The summed E-state index contributed by atoms with van der Waals surface area (Å²) in [4.78, 5) is 0. The first-order valence-corrected chi connectivity index (χ1v) is 9.70. The predicted molar refractivity (Wildman–Crippen MR) is 116 cm³/mol. The number of aromatic nitrogens is 1. The molecule has 4 aromatic carbocycles. The van der Waals surface area contributed by atoms with Gasteiger partial charge in [0.25, 0.3) is 0 Å². The number of furan rings is 1. The number of nitrogens with zero attached hydrogens (tertiary/aromatic N) is 1. The lowest BCUT2D eigenvalue weighted by atomic mass is 10.1. The van der Waals surface area contributed by atoms with Gasteiger partial charge in [0.15, 0.2) is 0 Å². The second-order valence-corrected chi connectivity index (χ2v) is 7.68. The Bertz CT molecular complexity index is 1470. The van der Waals surface area contributed by atoms with E-state index in [1.165, 1.54) is 16.3 Å². The minimum absolute atomic E-state index is 0.906.